The van der Waals surface area contributed by atoms with Gasteiger partial charge in [-0.15, -0.1) is 0 Å². The average molecular weight is 431 g/mol. The van der Waals surface area contributed by atoms with Gasteiger partial charge < -0.3 is 10.2 Å². The zero-order valence-corrected chi connectivity index (χ0v) is 18.2. The molecule has 1 aromatic carbocycles. The lowest BCUT2D eigenvalue weighted by Gasteiger charge is -2.30. The van der Waals surface area contributed by atoms with Gasteiger partial charge in [-0.2, -0.15) is 4.31 Å². The number of sulfonamides is 1. The minimum Gasteiger partial charge on any atom is -0.356 e. The summed E-state index contributed by atoms with van der Waals surface area (Å²) >= 11 is 0. The van der Waals surface area contributed by atoms with Crippen molar-refractivity contribution in [2.75, 3.05) is 33.2 Å². The lowest BCUT2D eigenvalue weighted by atomic mass is 9.97. The summed E-state index contributed by atoms with van der Waals surface area (Å²) in [6, 6.07) is 13.5. The SMILES string of the molecule is CN(CCCNC(=O)C1CCN(S(=O)(=O)c2cccnc2)CC1)Cc1ccccc1. The van der Waals surface area contributed by atoms with Crippen molar-refractivity contribution in [1.29, 1.82) is 0 Å². The van der Waals surface area contributed by atoms with Gasteiger partial charge in [0.15, 0.2) is 0 Å². The number of piperidine rings is 1. The molecule has 0 radical (unpaired) electrons. The van der Waals surface area contributed by atoms with Crippen molar-refractivity contribution in [3.8, 4) is 0 Å². The highest BCUT2D eigenvalue weighted by Crippen LogP contribution is 2.23. The first-order chi connectivity index (χ1) is 14.5. The van der Waals surface area contributed by atoms with Gasteiger partial charge in [0.1, 0.15) is 4.90 Å². The summed E-state index contributed by atoms with van der Waals surface area (Å²) in [5.74, 6) is -0.105. The minimum atomic E-state index is -3.53. The van der Waals surface area contributed by atoms with Gasteiger partial charge in [0.2, 0.25) is 15.9 Å². The van der Waals surface area contributed by atoms with Gasteiger partial charge in [-0.05, 0) is 50.6 Å². The second kappa shape index (κ2) is 10.7. The molecule has 0 atom stereocenters. The largest absolute Gasteiger partial charge is 0.356 e. The molecule has 1 N–H and O–H groups in total. The Bertz CT molecular complexity index is 898. The Kier molecular flexibility index (Phi) is 7.95. The zero-order valence-electron chi connectivity index (χ0n) is 17.4. The van der Waals surface area contributed by atoms with Gasteiger partial charge in [-0.3, -0.25) is 9.78 Å². The molecule has 1 fully saturated rings. The highest BCUT2D eigenvalue weighted by atomic mass is 32.2. The second-order valence-corrected chi connectivity index (χ2v) is 9.67. The highest BCUT2D eigenvalue weighted by Gasteiger charge is 2.32. The van der Waals surface area contributed by atoms with E-state index in [4.69, 9.17) is 0 Å². The number of nitrogens with zero attached hydrogens (tertiary/aromatic N) is 3. The fraction of sp³-hybridized carbons (Fsp3) is 0.455. The topological polar surface area (TPSA) is 82.6 Å². The molecule has 2 heterocycles. The molecule has 1 saturated heterocycles. The van der Waals surface area contributed by atoms with Crippen molar-refractivity contribution in [2.45, 2.75) is 30.7 Å². The van der Waals surface area contributed by atoms with Crippen LogP contribution in [-0.4, -0.2) is 61.7 Å². The Labute approximate surface area is 179 Å². The van der Waals surface area contributed by atoms with E-state index in [2.05, 4.69) is 34.4 Å². The molecule has 1 aliphatic rings. The van der Waals surface area contributed by atoms with E-state index in [0.29, 0.717) is 32.5 Å². The molecule has 30 heavy (non-hydrogen) atoms. The van der Waals surface area contributed by atoms with Crippen molar-refractivity contribution in [2.24, 2.45) is 5.92 Å². The third-order valence-corrected chi connectivity index (χ3v) is 7.29. The van der Waals surface area contributed by atoms with E-state index in [1.54, 1.807) is 18.3 Å². The summed E-state index contributed by atoms with van der Waals surface area (Å²) < 4.78 is 26.8. The summed E-state index contributed by atoms with van der Waals surface area (Å²) in [6.07, 6.45) is 4.87. The van der Waals surface area contributed by atoms with Crippen molar-refractivity contribution in [3.63, 3.8) is 0 Å². The number of amides is 1. The van der Waals surface area contributed by atoms with Crippen LogP contribution in [0.2, 0.25) is 0 Å². The van der Waals surface area contributed by atoms with Gasteiger partial charge in [-0.25, -0.2) is 8.42 Å². The predicted molar refractivity (Wildman–Crippen MR) is 116 cm³/mol. The van der Waals surface area contributed by atoms with Crippen LogP contribution in [0.5, 0.6) is 0 Å². The number of hydrogen-bond donors (Lipinski definition) is 1. The molecular formula is C22H30N4O3S. The van der Waals surface area contributed by atoms with Crippen molar-refractivity contribution in [3.05, 3.63) is 60.4 Å². The maximum atomic E-state index is 12.7. The van der Waals surface area contributed by atoms with Crippen LogP contribution in [0.15, 0.2) is 59.8 Å². The van der Waals surface area contributed by atoms with Crippen LogP contribution in [0.25, 0.3) is 0 Å². The predicted octanol–water partition coefficient (Wildman–Crippen LogP) is 2.12. The molecule has 1 aliphatic heterocycles. The number of pyridine rings is 1. The molecule has 162 valence electrons. The molecule has 0 spiro atoms. The molecule has 0 bridgehead atoms. The number of carbonyl (C=O) groups excluding carboxylic acids is 1. The van der Waals surface area contributed by atoms with Gasteiger partial charge in [0.05, 0.1) is 0 Å². The zero-order chi connectivity index (χ0) is 21.4. The minimum absolute atomic E-state index is 0.0270. The van der Waals surface area contributed by atoms with Crippen LogP contribution >= 0.6 is 0 Å². The Morgan fingerprint density at radius 3 is 2.57 bits per heavy atom. The standard InChI is InChI=1S/C22H30N4O3S/c1-25(18-19-7-3-2-4-8-19)14-6-13-24-22(27)20-10-15-26(16-11-20)30(28,29)21-9-5-12-23-17-21/h2-5,7-9,12,17,20H,6,10-11,13-16,18H2,1H3,(H,24,27). The van der Waals surface area contributed by atoms with E-state index < -0.39 is 10.0 Å². The van der Waals surface area contributed by atoms with Crippen LogP contribution in [-0.2, 0) is 21.4 Å². The molecular weight excluding hydrogens is 400 g/mol. The van der Waals surface area contributed by atoms with Crippen molar-refractivity contribution >= 4 is 15.9 Å². The van der Waals surface area contributed by atoms with Gasteiger partial charge in [0, 0.05) is 44.5 Å². The lowest BCUT2D eigenvalue weighted by molar-refractivity contribution is -0.126. The highest BCUT2D eigenvalue weighted by molar-refractivity contribution is 7.89. The molecule has 0 saturated carbocycles. The maximum absolute atomic E-state index is 12.7. The number of nitrogens with one attached hydrogen (secondary N) is 1. The van der Waals surface area contributed by atoms with E-state index in [0.717, 1.165) is 19.5 Å². The Balaban J connectivity index is 1.36. The van der Waals surface area contributed by atoms with E-state index >= 15 is 0 Å². The first-order valence-corrected chi connectivity index (χ1v) is 11.8. The van der Waals surface area contributed by atoms with E-state index in [9.17, 15) is 13.2 Å². The number of rotatable bonds is 9. The summed E-state index contributed by atoms with van der Waals surface area (Å²) in [5.41, 5.74) is 1.28. The summed E-state index contributed by atoms with van der Waals surface area (Å²) in [6.45, 7) is 3.13. The van der Waals surface area contributed by atoms with Gasteiger partial charge in [-0.1, -0.05) is 30.3 Å². The Hall–Kier alpha value is -2.29. The number of hydrogen-bond acceptors (Lipinski definition) is 5. The van der Waals surface area contributed by atoms with Crippen LogP contribution < -0.4 is 5.32 Å². The number of carbonyl (C=O) groups is 1. The summed E-state index contributed by atoms with van der Waals surface area (Å²) in [4.78, 5) is 18.8. The molecule has 1 amide bonds. The number of benzene rings is 1. The molecule has 2 aromatic rings. The van der Waals surface area contributed by atoms with E-state index in [-0.39, 0.29) is 16.7 Å². The lowest BCUT2D eigenvalue weighted by Crippen LogP contribution is -2.43. The molecule has 0 aliphatic carbocycles. The monoisotopic (exact) mass is 430 g/mol. The van der Waals surface area contributed by atoms with Crippen LogP contribution in [0.3, 0.4) is 0 Å². The molecule has 1 aromatic heterocycles. The third-order valence-electron chi connectivity index (χ3n) is 5.41. The number of aromatic nitrogens is 1. The maximum Gasteiger partial charge on any atom is 0.244 e. The average Bonchev–Trinajstić information content (AvgIpc) is 2.78. The molecule has 3 rings (SSSR count). The fourth-order valence-electron chi connectivity index (χ4n) is 3.69. The van der Waals surface area contributed by atoms with E-state index in [1.165, 1.54) is 16.1 Å². The Morgan fingerprint density at radius 2 is 1.90 bits per heavy atom. The van der Waals surface area contributed by atoms with E-state index in [1.807, 2.05) is 18.2 Å². The van der Waals surface area contributed by atoms with Crippen molar-refractivity contribution in [1.82, 2.24) is 19.5 Å². The molecule has 8 heteroatoms. The molecule has 0 unspecified atom stereocenters. The Morgan fingerprint density at radius 1 is 1.17 bits per heavy atom. The quantitative estimate of drug-likeness (QED) is 0.616. The fourth-order valence-corrected chi connectivity index (χ4v) is 5.12. The summed E-state index contributed by atoms with van der Waals surface area (Å²) in [5, 5.41) is 3.01. The third kappa shape index (κ3) is 6.10. The smallest absolute Gasteiger partial charge is 0.244 e. The van der Waals surface area contributed by atoms with Gasteiger partial charge in [0.25, 0.3) is 0 Å². The van der Waals surface area contributed by atoms with Crippen molar-refractivity contribution < 1.29 is 13.2 Å². The van der Waals surface area contributed by atoms with Gasteiger partial charge >= 0.3 is 0 Å². The van der Waals surface area contributed by atoms with Crippen LogP contribution in [0.4, 0.5) is 0 Å². The van der Waals surface area contributed by atoms with Crippen LogP contribution in [0.1, 0.15) is 24.8 Å². The normalized spacial score (nSPS) is 15.9. The first-order valence-electron chi connectivity index (χ1n) is 10.4. The summed E-state index contributed by atoms with van der Waals surface area (Å²) in [7, 11) is -1.46. The molecule has 7 nitrogen and oxygen atoms in total. The second-order valence-electron chi connectivity index (χ2n) is 7.74. The first kappa shape index (κ1) is 22.4. The van der Waals surface area contributed by atoms with Crippen LogP contribution in [0, 0.1) is 5.92 Å².